The Morgan fingerprint density at radius 1 is 1.21 bits per heavy atom. The van der Waals surface area contributed by atoms with E-state index in [1.165, 1.54) is 50.6 Å². The van der Waals surface area contributed by atoms with E-state index in [2.05, 4.69) is 37.6 Å². The number of hydrogen-bond acceptors (Lipinski definition) is 3. The lowest BCUT2D eigenvalue weighted by molar-refractivity contribution is -0.123. The van der Waals surface area contributed by atoms with Crippen molar-refractivity contribution in [2.45, 2.75) is 96.8 Å². The van der Waals surface area contributed by atoms with Crippen LogP contribution in [0.3, 0.4) is 0 Å². The van der Waals surface area contributed by atoms with Gasteiger partial charge in [-0.25, -0.2) is 4.98 Å². The van der Waals surface area contributed by atoms with E-state index in [9.17, 15) is 4.79 Å². The van der Waals surface area contributed by atoms with Crippen LogP contribution in [0.1, 0.15) is 76.6 Å². The van der Waals surface area contributed by atoms with Crippen molar-refractivity contribution in [1.82, 2.24) is 14.9 Å². The Bertz CT molecular complexity index is 690. The average Bonchev–Trinajstić information content (AvgIpc) is 2.91. The highest BCUT2D eigenvalue weighted by Gasteiger charge is 2.53. The van der Waals surface area contributed by atoms with Gasteiger partial charge >= 0.3 is 0 Å². The molecule has 0 radical (unpaired) electrons. The summed E-state index contributed by atoms with van der Waals surface area (Å²) in [5, 5.41) is 4.40. The fourth-order valence-corrected chi connectivity index (χ4v) is 7.52. The Balaban J connectivity index is 1.34. The molecule has 4 fully saturated rings. The van der Waals surface area contributed by atoms with E-state index in [0.29, 0.717) is 17.2 Å². The standard InChI is InChI=1S/C23H37N3OS/c1-5-6-7-26-16(3)15(2)24-22(26)28-14-21(27)25-17(4)23-11-18-8-19(12-23)10-20(9-18)13-23/h17-20H,5-14H2,1-4H3,(H,25,27). The smallest absolute Gasteiger partial charge is 0.230 e. The summed E-state index contributed by atoms with van der Waals surface area (Å²) in [5.74, 6) is 3.43. The maximum absolute atomic E-state index is 12.8. The molecule has 5 rings (SSSR count). The van der Waals surface area contributed by atoms with Gasteiger partial charge in [0.25, 0.3) is 0 Å². The van der Waals surface area contributed by atoms with Gasteiger partial charge in [0, 0.05) is 18.3 Å². The van der Waals surface area contributed by atoms with Crippen LogP contribution in [0, 0.1) is 37.0 Å². The summed E-state index contributed by atoms with van der Waals surface area (Å²) in [4.78, 5) is 17.5. The van der Waals surface area contributed by atoms with Crippen LogP contribution in [0.2, 0.25) is 0 Å². The number of aryl methyl sites for hydroxylation is 1. The van der Waals surface area contributed by atoms with Gasteiger partial charge in [-0.1, -0.05) is 25.1 Å². The van der Waals surface area contributed by atoms with Crippen molar-refractivity contribution in [3.63, 3.8) is 0 Å². The highest BCUT2D eigenvalue weighted by molar-refractivity contribution is 7.99. The van der Waals surface area contributed by atoms with Gasteiger partial charge in [0.2, 0.25) is 5.91 Å². The molecule has 1 atom stereocenters. The Labute approximate surface area is 174 Å². The van der Waals surface area contributed by atoms with Gasteiger partial charge in [-0.2, -0.15) is 0 Å². The zero-order chi connectivity index (χ0) is 19.9. The topological polar surface area (TPSA) is 46.9 Å². The second-order valence-corrected chi connectivity index (χ2v) is 10.9. The van der Waals surface area contributed by atoms with Crippen LogP contribution in [0.15, 0.2) is 5.16 Å². The predicted octanol–water partition coefficient (Wildman–Crippen LogP) is 5.11. The van der Waals surface area contributed by atoms with Crippen molar-refractivity contribution in [3.05, 3.63) is 11.4 Å². The van der Waals surface area contributed by atoms with Crippen LogP contribution >= 0.6 is 11.8 Å². The number of nitrogens with zero attached hydrogens (tertiary/aromatic N) is 2. The number of rotatable bonds is 8. The van der Waals surface area contributed by atoms with E-state index >= 15 is 0 Å². The first kappa shape index (κ1) is 20.3. The number of nitrogens with one attached hydrogen (secondary N) is 1. The molecule has 0 aliphatic heterocycles. The van der Waals surface area contributed by atoms with Crippen molar-refractivity contribution < 1.29 is 4.79 Å². The molecule has 1 unspecified atom stereocenters. The number of thioether (sulfide) groups is 1. The van der Waals surface area contributed by atoms with Crippen molar-refractivity contribution in [2.24, 2.45) is 23.2 Å². The fourth-order valence-electron chi connectivity index (χ4n) is 6.59. The number of unbranched alkanes of at least 4 members (excludes halogenated alkanes) is 1. The molecular weight excluding hydrogens is 366 g/mol. The van der Waals surface area contributed by atoms with Gasteiger partial charge in [-0.15, -0.1) is 0 Å². The Hall–Kier alpha value is -0.970. The minimum atomic E-state index is 0.175. The highest BCUT2D eigenvalue weighted by Crippen LogP contribution is 2.61. The van der Waals surface area contributed by atoms with Gasteiger partial charge in [0.05, 0.1) is 11.4 Å². The quantitative estimate of drug-likeness (QED) is 0.613. The van der Waals surface area contributed by atoms with Crippen LogP contribution in [-0.2, 0) is 11.3 Å². The van der Waals surface area contributed by atoms with Gasteiger partial charge < -0.3 is 9.88 Å². The number of hydrogen-bond donors (Lipinski definition) is 1. The van der Waals surface area contributed by atoms with Gasteiger partial charge in [0.15, 0.2) is 5.16 Å². The van der Waals surface area contributed by atoms with Gasteiger partial charge in [-0.05, 0) is 88.9 Å². The molecular formula is C23H37N3OS. The summed E-state index contributed by atoms with van der Waals surface area (Å²) in [6.45, 7) is 9.68. The zero-order valence-electron chi connectivity index (χ0n) is 18.1. The molecule has 0 spiro atoms. The fraction of sp³-hybridized carbons (Fsp3) is 0.826. The monoisotopic (exact) mass is 403 g/mol. The van der Waals surface area contributed by atoms with Crippen molar-refractivity contribution in [1.29, 1.82) is 0 Å². The normalized spacial score (nSPS) is 31.9. The van der Waals surface area contributed by atoms with Crippen LogP contribution in [0.25, 0.3) is 0 Å². The molecule has 0 saturated heterocycles. The second kappa shape index (κ2) is 8.04. The summed E-state index contributed by atoms with van der Waals surface area (Å²) < 4.78 is 2.29. The lowest BCUT2D eigenvalue weighted by atomic mass is 9.48. The Kier molecular flexibility index (Phi) is 5.83. The molecule has 0 aromatic carbocycles. The molecule has 1 aromatic heterocycles. The van der Waals surface area contributed by atoms with Crippen LogP contribution in [0.5, 0.6) is 0 Å². The minimum Gasteiger partial charge on any atom is -0.352 e. The van der Waals surface area contributed by atoms with Gasteiger partial charge in [-0.3, -0.25) is 4.79 Å². The summed E-state index contributed by atoms with van der Waals surface area (Å²) >= 11 is 1.60. The third-order valence-corrected chi connectivity index (χ3v) is 8.85. The first-order valence-corrected chi connectivity index (χ1v) is 12.3. The molecule has 1 N–H and O–H groups in total. The number of amides is 1. The van der Waals surface area contributed by atoms with E-state index in [1.54, 1.807) is 11.8 Å². The molecule has 4 saturated carbocycles. The van der Waals surface area contributed by atoms with Crippen molar-refractivity contribution >= 4 is 17.7 Å². The molecule has 28 heavy (non-hydrogen) atoms. The Morgan fingerprint density at radius 3 is 2.39 bits per heavy atom. The largest absolute Gasteiger partial charge is 0.352 e. The molecule has 1 amide bonds. The first-order valence-electron chi connectivity index (χ1n) is 11.4. The third-order valence-electron chi connectivity index (χ3n) is 7.87. The number of imidazole rings is 1. The SMILES string of the molecule is CCCCn1c(SCC(=O)NC(C)C23CC4CC(CC(C4)C2)C3)nc(C)c1C. The van der Waals surface area contributed by atoms with E-state index < -0.39 is 0 Å². The van der Waals surface area contributed by atoms with Crippen molar-refractivity contribution in [2.75, 3.05) is 5.75 Å². The number of carbonyl (C=O) groups is 1. The molecule has 5 heteroatoms. The van der Waals surface area contributed by atoms with Crippen LogP contribution < -0.4 is 5.32 Å². The summed E-state index contributed by atoms with van der Waals surface area (Å²) in [7, 11) is 0. The zero-order valence-corrected chi connectivity index (χ0v) is 18.9. The molecule has 1 heterocycles. The molecule has 4 bridgehead atoms. The number of aromatic nitrogens is 2. The maximum atomic E-state index is 12.8. The van der Waals surface area contributed by atoms with E-state index in [1.807, 2.05) is 0 Å². The second-order valence-electron chi connectivity index (χ2n) is 9.93. The lowest BCUT2D eigenvalue weighted by Gasteiger charge is -2.59. The maximum Gasteiger partial charge on any atom is 0.230 e. The average molecular weight is 404 g/mol. The van der Waals surface area contributed by atoms with E-state index in [0.717, 1.165) is 41.6 Å². The Morgan fingerprint density at radius 2 is 1.82 bits per heavy atom. The third kappa shape index (κ3) is 3.88. The summed E-state index contributed by atoms with van der Waals surface area (Å²) in [6.07, 6.45) is 10.7. The highest BCUT2D eigenvalue weighted by atomic mass is 32.2. The predicted molar refractivity (Wildman–Crippen MR) is 116 cm³/mol. The minimum absolute atomic E-state index is 0.175. The van der Waals surface area contributed by atoms with Crippen molar-refractivity contribution in [3.8, 4) is 0 Å². The number of carbonyl (C=O) groups excluding carboxylic acids is 1. The molecule has 4 nitrogen and oxygen atoms in total. The molecule has 4 aliphatic carbocycles. The van der Waals surface area contributed by atoms with E-state index in [4.69, 9.17) is 4.98 Å². The molecule has 4 aliphatic rings. The molecule has 156 valence electrons. The van der Waals surface area contributed by atoms with Crippen LogP contribution in [0.4, 0.5) is 0 Å². The first-order chi connectivity index (χ1) is 13.4. The van der Waals surface area contributed by atoms with E-state index in [-0.39, 0.29) is 5.91 Å². The summed E-state index contributed by atoms with van der Waals surface area (Å²) in [6, 6.07) is 0.303. The lowest BCUT2D eigenvalue weighted by Crippen LogP contribution is -2.56. The van der Waals surface area contributed by atoms with Gasteiger partial charge in [0.1, 0.15) is 0 Å². The van der Waals surface area contributed by atoms with Crippen LogP contribution in [-0.4, -0.2) is 27.3 Å². The molecule has 1 aromatic rings. The summed E-state index contributed by atoms with van der Waals surface area (Å²) in [5.41, 5.74) is 2.70.